The molecule has 0 aromatic heterocycles. The van der Waals surface area contributed by atoms with Crippen molar-refractivity contribution in [1.82, 2.24) is 0 Å². The van der Waals surface area contributed by atoms with E-state index in [0.717, 1.165) is 11.3 Å². The standard InChI is InChI=1S/C11H14O3/c1-13-6-8-7-14-10-5-3-2-4-9(10)11(8)12/h2-5,8,11-12H,6-7H2,1H3. The van der Waals surface area contributed by atoms with Gasteiger partial charge in [0.05, 0.1) is 19.3 Å². The van der Waals surface area contributed by atoms with Crippen LogP contribution in [0, 0.1) is 5.92 Å². The first-order chi connectivity index (χ1) is 6.83. The van der Waals surface area contributed by atoms with Gasteiger partial charge in [0.1, 0.15) is 5.75 Å². The van der Waals surface area contributed by atoms with Crippen LogP contribution in [0.3, 0.4) is 0 Å². The zero-order valence-electron chi connectivity index (χ0n) is 8.14. The summed E-state index contributed by atoms with van der Waals surface area (Å²) in [5.41, 5.74) is 0.862. The third-order valence-electron chi connectivity index (χ3n) is 2.52. The highest BCUT2D eigenvalue weighted by Gasteiger charge is 2.28. The molecule has 1 heterocycles. The number of hydrogen-bond donors (Lipinski definition) is 1. The Hall–Kier alpha value is -1.06. The fourth-order valence-corrected chi connectivity index (χ4v) is 1.75. The van der Waals surface area contributed by atoms with Crippen LogP contribution in [0.2, 0.25) is 0 Å². The Balaban J connectivity index is 2.22. The smallest absolute Gasteiger partial charge is 0.125 e. The van der Waals surface area contributed by atoms with Gasteiger partial charge in [0.25, 0.3) is 0 Å². The topological polar surface area (TPSA) is 38.7 Å². The van der Waals surface area contributed by atoms with Crippen molar-refractivity contribution in [3.63, 3.8) is 0 Å². The predicted molar refractivity (Wildman–Crippen MR) is 52.3 cm³/mol. The molecule has 14 heavy (non-hydrogen) atoms. The number of ether oxygens (including phenoxy) is 2. The van der Waals surface area contributed by atoms with E-state index in [1.165, 1.54) is 0 Å². The molecular weight excluding hydrogens is 180 g/mol. The van der Waals surface area contributed by atoms with Crippen molar-refractivity contribution in [3.8, 4) is 5.75 Å². The highest BCUT2D eigenvalue weighted by atomic mass is 16.5. The minimum Gasteiger partial charge on any atom is -0.493 e. The lowest BCUT2D eigenvalue weighted by Gasteiger charge is -2.29. The Morgan fingerprint density at radius 2 is 2.29 bits per heavy atom. The largest absolute Gasteiger partial charge is 0.493 e. The van der Waals surface area contributed by atoms with Crippen LogP contribution in [0.1, 0.15) is 11.7 Å². The maximum atomic E-state index is 9.99. The Morgan fingerprint density at radius 3 is 3.07 bits per heavy atom. The van der Waals surface area contributed by atoms with Crippen LogP contribution in [0.5, 0.6) is 5.75 Å². The number of aliphatic hydroxyl groups is 1. The van der Waals surface area contributed by atoms with Crippen molar-refractivity contribution in [2.45, 2.75) is 6.10 Å². The third-order valence-corrected chi connectivity index (χ3v) is 2.52. The average Bonchev–Trinajstić information content (AvgIpc) is 2.23. The molecule has 0 bridgehead atoms. The predicted octanol–water partition coefficient (Wildman–Crippen LogP) is 1.38. The molecule has 0 radical (unpaired) electrons. The van der Waals surface area contributed by atoms with E-state index in [0.29, 0.717) is 13.2 Å². The summed E-state index contributed by atoms with van der Waals surface area (Å²) in [6.45, 7) is 1.04. The van der Waals surface area contributed by atoms with E-state index in [2.05, 4.69) is 0 Å². The van der Waals surface area contributed by atoms with E-state index in [-0.39, 0.29) is 5.92 Å². The minimum absolute atomic E-state index is 0.0369. The van der Waals surface area contributed by atoms with Crippen LogP contribution in [0.4, 0.5) is 0 Å². The van der Waals surface area contributed by atoms with Gasteiger partial charge in [-0.25, -0.2) is 0 Å². The molecule has 1 aromatic rings. The number of methoxy groups -OCH3 is 1. The highest BCUT2D eigenvalue weighted by Crippen LogP contribution is 2.34. The number of hydrogen-bond acceptors (Lipinski definition) is 3. The summed E-state index contributed by atoms with van der Waals surface area (Å²) in [6.07, 6.45) is -0.472. The molecule has 0 fully saturated rings. The van der Waals surface area contributed by atoms with Crippen LogP contribution in [-0.4, -0.2) is 25.4 Å². The first-order valence-electron chi connectivity index (χ1n) is 4.71. The molecule has 1 aliphatic rings. The number of fused-ring (bicyclic) bond motifs is 1. The Kier molecular flexibility index (Phi) is 2.70. The summed E-state index contributed by atoms with van der Waals surface area (Å²) in [5.74, 6) is 0.822. The van der Waals surface area contributed by atoms with Gasteiger partial charge in [-0.3, -0.25) is 0 Å². The molecule has 3 nitrogen and oxygen atoms in total. The number of rotatable bonds is 2. The maximum absolute atomic E-state index is 9.99. The lowest BCUT2D eigenvalue weighted by molar-refractivity contribution is 0.00494. The second-order valence-electron chi connectivity index (χ2n) is 3.51. The molecule has 0 amide bonds. The van der Waals surface area contributed by atoms with Crippen LogP contribution in [0.15, 0.2) is 24.3 Å². The summed E-state index contributed by atoms with van der Waals surface area (Å²) >= 11 is 0. The van der Waals surface area contributed by atoms with E-state index in [1.807, 2.05) is 24.3 Å². The second kappa shape index (κ2) is 3.98. The highest BCUT2D eigenvalue weighted by molar-refractivity contribution is 5.36. The maximum Gasteiger partial charge on any atom is 0.125 e. The molecular formula is C11H14O3. The number of para-hydroxylation sites is 1. The van der Waals surface area contributed by atoms with Gasteiger partial charge in [-0.15, -0.1) is 0 Å². The summed E-state index contributed by atoms with van der Waals surface area (Å²) in [7, 11) is 1.63. The first kappa shape index (κ1) is 9.49. The van der Waals surface area contributed by atoms with Crippen LogP contribution < -0.4 is 4.74 Å². The van der Waals surface area contributed by atoms with Crippen molar-refractivity contribution in [3.05, 3.63) is 29.8 Å². The number of aliphatic hydroxyl groups excluding tert-OH is 1. The Morgan fingerprint density at radius 1 is 1.50 bits per heavy atom. The number of benzene rings is 1. The van der Waals surface area contributed by atoms with Gasteiger partial charge in [0, 0.05) is 18.6 Å². The summed E-state index contributed by atoms with van der Waals surface area (Å²) in [5, 5.41) is 9.99. The molecule has 2 atom stereocenters. The van der Waals surface area contributed by atoms with Gasteiger partial charge in [0.15, 0.2) is 0 Å². The van der Waals surface area contributed by atoms with Crippen molar-refractivity contribution in [2.75, 3.05) is 20.3 Å². The van der Waals surface area contributed by atoms with Crippen LogP contribution in [0.25, 0.3) is 0 Å². The van der Waals surface area contributed by atoms with Gasteiger partial charge in [-0.2, -0.15) is 0 Å². The Labute approximate surface area is 83.3 Å². The minimum atomic E-state index is -0.472. The normalized spacial score (nSPS) is 25.3. The molecule has 0 aliphatic carbocycles. The molecule has 76 valence electrons. The second-order valence-corrected chi connectivity index (χ2v) is 3.51. The molecule has 0 saturated carbocycles. The molecule has 0 spiro atoms. The molecule has 1 aliphatic heterocycles. The molecule has 2 rings (SSSR count). The summed E-state index contributed by atoms with van der Waals surface area (Å²) in [6, 6.07) is 7.58. The van der Waals surface area contributed by atoms with Crippen molar-refractivity contribution >= 4 is 0 Å². The molecule has 3 heteroatoms. The quantitative estimate of drug-likeness (QED) is 0.773. The van der Waals surface area contributed by atoms with E-state index < -0.39 is 6.10 Å². The zero-order valence-corrected chi connectivity index (χ0v) is 8.14. The molecule has 2 unspecified atom stereocenters. The zero-order chi connectivity index (χ0) is 9.97. The lowest BCUT2D eigenvalue weighted by Crippen LogP contribution is -2.29. The van der Waals surface area contributed by atoms with Crippen LogP contribution in [-0.2, 0) is 4.74 Å². The van der Waals surface area contributed by atoms with Gasteiger partial charge in [0.2, 0.25) is 0 Å². The van der Waals surface area contributed by atoms with Crippen molar-refractivity contribution in [1.29, 1.82) is 0 Å². The van der Waals surface area contributed by atoms with E-state index in [4.69, 9.17) is 9.47 Å². The Bertz CT molecular complexity index is 311. The molecule has 1 N–H and O–H groups in total. The lowest BCUT2D eigenvalue weighted by atomic mass is 9.94. The third kappa shape index (κ3) is 1.61. The fraction of sp³-hybridized carbons (Fsp3) is 0.455. The van der Waals surface area contributed by atoms with Gasteiger partial charge in [-0.1, -0.05) is 18.2 Å². The van der Waals surface area contributed by atoms with Gasteiger partial charge >= 0.3 is 0 Å². The SMILES string of the molecule is COCC1COc2ccccc2C1O. The molecule has 1 aromatic carbocycles. The summed E-state index contributed by atoms with van der Waals surface area (Å²) < 4.78 is 10.5. The van der Waals surface area contributed by atoms with Gasteiger partial charge < -0.3 is 14.6 Å². The van der Waals surface area contributed by atoms with Crippen molar-refractivity contribution < 1.29 is 14.6 Å². The van der Waals surface area contributed by atoms with Gasteiger partial charge in [-0.05, 0) is 6.07 Å². The van der Waals surface area contributed by atoms with E-state index in [1.54, 1.807) is 7.11 Å². The average molecular weight is 194 g/mol. The van der Waals surface area contributed by atoms with E-state index >= 15 is 0 Å². The molecule has 0 saturated heterocycles. The monoisotopic (exact) mass is 194 g/mol. The van der Waals surface area contributed by atoms with Crippen LogP contribution >= 0.6 is 0 Å². The van der Waals surface area contributed by atoms with Crippen molar-refractivity contribution in [2.24, 2.45) is 5.92 Å². The van der Waals surface area contributed by atoms with E-state index in [9.17, 15) is 5.11 Å². The summed E-state index contributed by atoms with van der Waals surface area (Å²) in [4.78, 5) is 0. The first-order valence-corrected chi connectivity index (χ1v) is 4.71. The fourth-order valence-electron chi connectivity index (χ4n) is 1.75.